The van der Waals surface area contributed by atoms with Gasteiger partial charge in [-0.05, 0) is 29.2 Å². The molecular formula is C17H10ClF3N5OS+. The quantitative estimate of drug-likeness (QED) is 0.484. The zero-order valence-corrected chi connectivity index (χ0v) is 15.4. The number of pyridine rings is 1. The van der Waals surface area contributed by atoms with Crippen LogP contribution < -0.4 is 9.83 Å². The van der Waals surface area contributed by atoms with Gasteiger partial charge in [0.25, 0.3) is 5.91 Å². The van der Waals surface area contributed by atoms with E-state index in [9.17, 15) is 18.0 Å². The molecule has 0 atom stereocenters. The maximum absolute atomic E-state index is 13.6. The number of amides is 1. The van der Waals surface area contributed by atoms with Crippen molar-refractivity contribution in [2.75, 3.05) is 5.32 Å². The first-order valence-corrected chi connectivity index (χ1v) is 9.01. The van der Waals surface area contributed by atoms with Crippen molar-refractivity contribution in [3.05, 3.63) is 64.5 Å². The van der Waals surface area contributed by atoms with Crippen LogP contribution in [0.1, 0.15) is 16.2 Å². The molecule has 0 bridgehead atoms. The van der Waals surface area contributed by atoms with Gasteiger partial charge in [-0.3, -0.25) is 9.78 Å². The molecule has 4 aromatic rings. The van der Waals surface area contributed by atoms with E-state index in [0.29, 0.717) is 14.9 Å². The number of fused-ring (bicyclic) bond motifs is 1. The molecule has 0 unspecified atom stereocenters. The second-order valence-electron chi connectivity index (χ2n) is 5.69. The summed E-state index contributed by atoms with van der Waals surface area (Å²) in [5.74, 6) is -0.618. The molecule has 0 saturated carbocycles. The molecule has 142 valence electrons. The van der Waals surface area contributed by atoms with Gasteiger partial charge >= 0.3 is 11.8 Å². The second-order valence-corrected chi connectivity index (χ2v) is 7.40. The van der Waals surface area contributed by atoms with Gasteiger partial charge in [-0.1, -0.05) is 11.6 Å². The molecule has 28 heavy (non-hydrogen) atoms. The van der Waals surface area contributed by atoms with Gasteiger partial charge < -0.3 is 5.32 Å². The third-order valence-corrected chi connectivity index (χ3v) is 5.02. The van der Waals surface area contributed by atoms with E-state index in [2.05, 4.69) is 20.4 Å². The minimum atomic E-state index is -4.66. The number of nitrogens with zero attached hydrogens (tertiary/aromatic N) is 3. The highest BCUT2D eigenvalue weighted by Gasteiger charge is 2.40. The van der Waals surface area contributed by atoms with Crippen LogP contribution in [0.2, 0.25) is 4.34 Å². The average molecular weight is 425 g/mol. The van der Waals surface area contributed by atoms with Crippen molar-refractivity contribution in [3.8, 4) is 10.6 Å². The molecule has 1 amide bonds. The number of carbonyl (C=O) groups excluding carboxylic acids is 1. The molecule has 0 fully saturated rings. The monoisotopic (exact) mass is 424 g/mol. The number of rotatable bonds is 3. The fourth-order valence-electron chi connectivity index (χ4n) is 2.56. The van der Waals surface area contributed by atoms with E-state index in [1.807, 2.05) is 0 Å². The van der Waals surface area contributed by atoms with E-state index >= 15 is 0 Å². The smallest absolute Gasteiger partial charge is 0.319 e. The molecule has 0 radical (unpaired) electrons. The summed E-state index contributed by atoms with van der Waals surface area (Å²) < 4.78 is 41.9. The largest absolute Gasteiger partial charge is 0.456 e. The van der Waals surface area contributed by atoms with Crippen molar-refractivity contribution in [3.63, 3.8) is 0 Å². The number of anilines is 1. The molecule has 4 heterocycles. The number of H-pyrrole nitrogens is 1. The highest BCUT2D eigenvalue weighted by Crippen LogP contribution is 2.33. The number of thiophene rings is 1. The van der Waals surface area contributed by atoms with Gasteiger partial charge in [-0.25, -0.2) is 5.10 Å². The summed E-state index contributed by atoms with van der Waals surface area (Å²) in [4.78, 5) is 21.0. The van der Waals surface area contributed by atoms with Gasteiger partial charge in [0.05, 0.1) is 27.2 Å². The lowest BCUT2D eigenvalue weighted by Gasteiger charge is -2.04. The fourth-order valence-corrected chi connectivity index (χ4v) is 3.56. The zero-order chi connectivity index (χ0) is 19.9. The van der Waals surface area contributed by atoms with Crippen molar-refractivity contribution in [2.24, 2.45) is 0 Å². The maximum Gasteiger partial charge on any atom is 0.456 e. The van der Waals surface area contributed by atoms with E-state index in [-0.39, 0.29) is 17.0 Å². The second kappa shape index (κ2) is 6.88. The number of halogens is 4. The van der Waals surface area contributed by atoms with Gasteiger partial charge in [-0.2, -0.15) is 13.2 Å². The topological polar surface area (TPSA) is 74.8 Å². The highest BCUT2D eigenvalue weighted by atomic mass is 35.5. The van der Waals surface area contributed by atoms with Crippen molar-refractivity contribution >= 4 is 40.2 Å². The van der Waals surface area contributed by atoms with Crippen molar-refractivity contribution in [1.29, 1.82) is 0 Å². The molecule has 0 spiro atoms. The van der Waals surface area contributed by atoms with Crippen LogP contribution in [0.4, 0.5) is 18.9 Å². The summed E-state index contributed by atoms with van der Waals surface area (Å²) in [6, 6.07) is 8.57. The number of hydrogen-bond acceptors (Lipinski definition) is 4. The zero-order valence-electron chi connectivity index (χ0n) is 13.8. The standard InChI is InChI=1S/C17H9ClF3N5OS/c18-14-4-3-12(28-14)10-6-13(17(19,20)21)26-15(24-10)7-11(25-26)16(27)23-9-2-1-5-22-8-9/h1-8H,(H,23,27)/p+1. The Morgan fingerprint density at radius 3 is 2.71 bits per heavy atom. The lowest BCUT2D eigenvalue weighted by Crippen LogP contribution is -2.36. The first-order chi connectivity index (χ1) is 13.3. The first-order valence-electron chi connectivity index (χ1n) is 7.81. The van der Waals surface area contributed by atoms with Gasteiger partial charge in [-0.15, -0.1) is 15.9 Å². The number of hydrogen-bond donors (Lipinski definition) is 2. The SMILES string of the molecule is O=C(Nc1cccnc1)c1cc2nc(-c3ccc(Cl)s3)cc(C(F)(F)F)[n+]2[nH]1. The molecule has 0 saturated heterocycles. The molecule has 0 aliphatic rings. The minimum Gasteiger partial charge on any atom is -0.319 e. The Morgan fingerprint density at radius 1 is 1.25 bits per heavy atom. The van der Waals surface area contributed by atoms with Gasteiger partial charge in [0, 0.05) is 12.3 Å². The summed E-state index contributed by atoms with van der Waals surface area (Å²) in [5.41, 5.74) is -0.595. The van der Waals surface area contributed by atoms with Crippen LogP contribution in [0.15, 0.2) is 48.8 Å². The number of carbonyl (C=O) groups is 1. The molecule has 4 rings (SSSR count). The van der Waals surface area contributed by atoms with Crippen LogP contribution in [-0.4, -0.2) is 21.0 Å². The highest BCUT2D eigenvalue weighted by molar-refractivity contribution is 7.19. The van der Waals surface area contributed by atoms with E-state index in [1.54, 1.807) is 24.3 Å². The Bertz CT molecular complexity index is 1170. The predicted molar refractivity (Wildman–Crippen MR) is 97.3 cm³/mol. The van der Waals surface area contributed by atoms with E-state index in [0.717, 1.165) is 21.9 Å². The first kappa shape index (κ1) is 18.4. The Morgan fingerprint density at radius 2 is 2.07 bits per heavy atom. The van der Waals surface area contributed by atoms with Crippen LogP contribution in [0, 0.1) is 0 Å². The fraction of sp³-hybridized carbons (Fsp3) is 0.0588. The van der Waals surface area contributed by atoms with Gasteiger partial charge in [0.15, 0.2) is 5.69 Å². The summed E-state index contributed by atoms with van der Waals surface area (Å²) >= 11 is 6.99. The molecule has 6 nitrogen and oxygen atoms in total. The Labute approximate surface area is 164 Å². The van der Waals surface area contributed by atoms with Crippen molar-refractivity contribution < 1.29 is 22.5 Å². The Kier molecular flexibility index (Phi) is 4.52. The van der Waals surface area contributed by atoms with Crippen molar-refractivity contribution in [2.45, 2.75) is 6.18 Å². The van der Waals surface area contributed by atoms with Crippen LogP contribution in [-0.2, 0) is 6.18 Å². The average Bonchev–Trinajstić information content (AvgIpc) is 3.27. The summed E-state index contributed by atoms with van der Waals surface area (Å²) in [6.07, 6.45) is -1.71. The summed E-state index contributed by atoms with van der Waals surface area (Å²) in [7, 11) is 0. The Hall–Kier alpha value is -2.98. The van der Waals surface area contributed by atoms with Crippen LogP contribution in [0.3, 0.4) is 0 Å². The number of aromatic nitrogens is 4. The minimum absolute atomic E-state index is 0.0503. The lowest BCUT2D eigenvalue weighted by molar-refractivity contribution is -0.604. The molecule has 0 aliphatic heterocycles. The van der Waals surface area contributed by atoms with E-state index in [1.165, 1.54) is 18.5 Å². The third-order valence-electron chi connectivity index (χ3n) is 3.76. The number of alkyl halides is 3. The Balaban J connectivity index is 1.80. The van der Waals surface area contributed by atoms with E-state index in [4.69, 9.17) is 11.6 Å². The van der Waals surface area contributed by atoms with Gasteiger partial charge in [0.2, 0.25) is 5.69 Å². The number of aromatic amines is 1. The molecule has 0 aliphatic carbocycles. The van der Waals surface area contributed by atoms with Crippen LogP contribution >= 0.6 is 22.9 Å². The van der Waals surface area contributed by atoms with Gasteiger partial charge in [0.1, 0.15) is 5.69 Å². The van der Waals surface area contributed by atoms with Crippen LogP contribution in [0.5, 0.6) is 0 Å². The molecule has 2 N–H and O–H groups in total. The molecule has 4 aromatic heterocycles. The third kappa shape index (κ3) is 3.56. The molecule has 0 aromatic carbocycles. The predicted octanol–water partition coefficient (Wildman–Crippen LogP) is 4.20. The van der Waals surface area contributed by atoms with Crippen molar-refractivity contribution in [1.82, 2.24) is 15.1 Å². The van der Waals surface area contributed by atoms with E-state index < -0.39 is 17.8 Å². The lowest BCUT2D eigenvalue weighted by atomic mass is 10.2. The maximum atomic E-state index is 13.6. The summed E-state index contributed by atoms with van der Waals surface area (Å²) in [6.45, 7) is 0. The molecular weight excluding hydrogens is 415 g/mol. The number of nitrogens with one attached hydrogen (secondary N) is 2. The van der Waals surface area contributed by atoms with Crippen LogP contribution in [0.25, 0.3) is 16.2 Å². The molecule has 11 heteroatoms. The normalized spacial score (nSPS) is 11.7. The summed E-state index contributed by atoms with van der Waals surface area (Å²) in [5, 5.41) is 5.01.